The molecule has 0 radical (unpaired) electrons. The molecule has 0 bridgehead atoms. The van der Waals surface area contributed by atoms with Crippen LogP contribution in [0.1, 0.15) is 18.7 Å². The highest BCUT2D eigenvalue weighted by Crippen LogP contribution is 2.09. The molecule has 0 aliphatic heterocycles. The summed E-state index contributed by atoms with van der Waals surface area (Å²) < 4.78 is 1.67. The smallest absolute Gasteiger partial charge is 0.156 e. The van der Waals surface area contributed by atoms with Gasteiger partial charge in [-0.3, -0.25) is 4.68 Å². The van der Waals surface area contributed by atoms with Crippen LogP contribution in [-0.2, 0) is 6.54 Å². The van der Waals surface area contributed by atoms with Gasteiger partial charge in [-0.15, -0.1) is 6.42 Å². The van der Waals surface area contributed by atoms with Crippen LogP contribution in [0.2, 0.25) is 0 Å². The molecule has 0 saturated heterocycles. The summed E-state index contributed by atoms with van der Waals surface area (Å²) in [5.41, 5.74) is 0.676. The number of aryl methyl sites for hydroxylation is 1. The summed E-state index contributed by atoms with van der Waals surface area (Å²) in [6.07, 6.45) is 5.83. The number of aliphatic hydroxyl groups is 1. The SMILES string of the molecule is C#CC(O)c1ccnn1CC. The third-order valence-corrected chi connectivity index (χ3v) is 1.49. The van der Waals surface area contributed by atoms with Crippen LogP contribution in [0.3, 0.4) is 0 Å². The van der Waals surface area contributed by atoms with Crippen LogP contribution in [0.4, 0.5) is 0 Å². The van der Waals surface area contributed by atoms with Gasteiger partial charge in [-0.05, 0) is 13.0 Å². The Balaban J connectivity index is 2.94. The van der Waals surface area contributed by atoms with E-state index in [1.54, 1.807) is 16.9 Å². The standard InChI is InChI=1S/C8H10N2O/c1-3-8(11)7-5-6-9-10(7)4-2/h1,5-6,8,11H,4H2,2H3. The Kier molecular flexibility index (Phi) is 2.29. The lowest BCUT2D eigenvalue weighted by Crippen LogP contribution is -2.05. The number of hydrogen-bond acceptors (Lipinski definition) is 2. The van der Waals surface area contributed by atoms with Crippen LogP contribution in [0, 0.1) is 12.3 Å². The lowest BCUT2D eigenvalue weighted by atomic mass is 10.3. The second kappa shape index (κ2) is 3.22. The average Bonchev–Trinajstić information content (AvgIpc) is 2.50. The van der Waals surface area contributed by atoms with E-state index in [9.17, 15) is 5.11 Å². The van der Waals surface area contributed by atoms with Gasteiger partial charge in [0, 0.05) is 12.7 Å². The van der Waals surface area contributed by atoms with Crippen molar-refractivity contribution in [1.29, 1.82) is 0 Å². The first kappa shape index (κ1) is 7.83. The van der Waals surface area contributed by atoms with Crippen molar-refractivity contribution >= 4 is 0 Å². The molecule has 3 nitrogen and oxygen atoms in total. The Morgan fingerprint density at radius 3 is 3.18 bits per heavy atom. The molecule has 0 saturated carbocycles. The lowest BCUT2D eigenvalue weighted by Gasteiger charge is -2.04. The number of aliphatic hydroxyl groups excluding tert-OH is 1. The zero-order valence-electron chi connectivity index (χ0n) is 6.36. The van der Waals surface area contributed by atoms with Gasteiger partial charge in [0.05, 0.1) is 5.69 Å². The molecule has 0 aliphatic rings. The van der Waals surface area contributed by atoms with Gasteiger partial charge in [-0.1, -0.05) is 5.92 Å². The van der Waals surface area contributed by atoms with Crippen LogP contribution in [0.25, 0.3) is 0 Å². The molecule has 1 atom stereocenters. The Bertz CT molecular complexity index is 272. The number of terminal acetylenes is 1. The molecule has 1 unspecified atom stereocenters. The van der Waals surface area contributed by atoms with Gasteiger partial charge in [-0.2, -0.15) is 5.10 Å². The Hall–Kier alpha value is -1.27. The van der Waals surface area contributed by atoms with Gasteiger partial charge in [-0.25, -0.2) is 0 Å². The number of hydrogen-bond donors (Lipinski definition) is 1. The van der Waals surface area contributed by atoms with Crippen LogP contribution in [-0.4, -0.2) is 14.9 Å². The first-order valence-corrected chi connectivity index (χ1v) is 3.45. The van der Waals surface area contributed by atoms with Gasteiger partial charge < -0.3 is 5.11 Å². The molecular formula is C8H10N2O. The molecule has 1 rings (SSSR count). The molecule has 0 aromatic carbocycles. The summed E-state index contributed by atoms with van der Waals surface area (Å²) in [5, 5.41) is 13.2. The Labute approximate surface area is 65.7 Å². The van der Waals surface area contributed by atoms with E-state index in [1.807, 2.05) is 6.92 Å². The van der Waals surface area contributed by atoms with Crippen molar-refractivity contribution in [3.63, 3.8) is 0 Å². The van der Waals surface area contributed by atoms with Gasteiger partial charge in [0.15, 0.2) is 6.10 Å². The van der Waals surface area contributed by atoms with Crippen molar-refractivity contribution in [2.24, 2.45) is 0 Å². The third-order valence-electron chi connectivity index (χ3n) is 1.49. The van der Waals surface area contributed by atoms with E-state index in [1.165, 1.54) is 0 Å². The molecule has 1 heterocycles. The second-order valence-electron chi connectivity index (χ2n) is 2.14. The molecular weight excluding hydrogens is 140 g/mol. The van der Waals surface area contributed by atoms with Crippen molar-refractivity contribution in [2.75, 3.05) is 0 Å². The third kappa shape index (κ3) is 1.41. The van der Waals surface area contributed by atoms with E-state index in [-0.39, 0.29) is 0 Å². The van der Waals surface area contributed by atoms with Gasteiger partial charge in [0.25, 0.3) is 0 Å². The molecule has 1 N–H and O–H groups in total. The van der Waals surface area contributed by atoms with Crippen molar-refractivity contribution in [1.82, 2.24) is 9.78 Å². The van der Waals surface area contributed by atoms with Crippen LogP contribution < -0.4 is 0 Å². The van der Waals surface area contributed by atoms with Crippen LogP contribution in [0.5, 0.6) is 0 Å². The number of aromatic nitrogens is 2. The molecule has 11 heavy (non-hydrogen) atoms. The summed E-state index contributed by atoms with van der Waals surface area (Å²) in [5.74, 6) is 2.24. The maximum Gasteiger partial charge on any atom is 0.156 e. The monoisotopic (exact) mass is 150 g/mol. The molecule has 3 heteroatoms. The fraction of sp³-hybridized carbons (Fsp3) is 0.375. The zero-order chi connectivity index (χ0) is 8.27. The quantitative estimate of drug-likeness (QED) is 0.626. The van der Waals surface area contributed by atoms with Crippen LogP contribution >= 0.6 is 0 Å². The van der Waals surface area contributed by atoms with Crippen molar-refractivity contribution < 1.29 is 5.11 Å². The summed E-state index contributed by atoms with van der Waals surface area (Å²) in [4.78, 5) is 0. The predicted octanol–water partition coefficient (Wildman–Crippen LogP) is 0.570. The minimum absolute atomic E-state index is 0.676. The van der Waals surface area contributed by atoms with E-state index in [4.69, 9.17) is 6.42 Å². The minimum atomic E-state index is -0.836. The summed E-state index contributed by atoms with van der Waals surface area (Å²) >= 11 is 0. The first-order valence-electron chi connectivity index (χ1n) is 3.45. The van der Waals surface area contributed by atoms with Crippen molar-refractivity contribution in [3.05, 3.63) is 18.0 Å². The van der Waals surface area contributed by atoms with Gasteiger partial charge in [0.2, 0.25) is 0 Å². The number of rotatable bonds is 2. The molecule has 1 aromatic rings. The minimum Gasteiger partial charge on any atom is -0.374 e. The maximum atomic E-state index is 9.23. The largest absolute Gasteiger partial charge is 0.374 e. The molecule has 0 fully saturated rings. The Morgan fingerprint density at radius 1 is 1.91 bits per heavy atom. The van der Waals surface area contributed by atoms with E-state index in [0.717, 1.165) is 6.54 Å². The first-order chi connectivity index (χ1) is 5.29. The Morgan fingerprint density at radius 2 is 2.64 bits per heavy atom. The zero-order valence-corrected chi connectivity index (χ0v) is 6.36. The fourth-order valence-electron chi connectivity index (χ4n) is 0.925. The molecule has 0 spiro atoms. The van der Waals surface area contributed by atoms with Gasteiger partial charge >= 0.3 is 0 Å². The summed E-state index contributed by atoms with van der Waals surface area (Å²) in [7, 11) is 0. The lowest BCUT2D eigenvalue weighted by molar-refractivity contribution is 0.226. The van der Waals surface area contributed by atoms with Crippen molar-refractivity contribution in [2.45, 2.75) is 19.6 Å². The fourth-order valence-corrected chi connectivity index (χ4v) is 0.925. The maximum absolute atomic E-state index is 9.23. The van der Waals surface area contributed by atoms with E-state index < -0.39 is 6.10 Å². The average molecular weight is 150 g/mol. The summed E-state index contributed by atoms with van der Waals surface area (Å²) in [6, 6.07) is 1.72. The topological polar surface area (TPSA) is 38.1 Å². The highest BCUT2D eigenvalue weighted by atomic mass is 16.3. The molecule has 0 amide bonds. The van der Waals surface area contributed by atoms with E-state index >= 15 is 0 Å². The number of nitrogens with zero attached hydrogens (tertiary/aromatic N) is 2. The second-order valence-corrected chi connectivity index (χ2v) is 2.14. The van der Waals surface area contributed by atoms with Crippen molar-refractivity contribution in [3.8, 4) is 12.3 Å². The highest BCUT2D eigenvalue weighted by molar-refractivity contribution is 5.14. The molecule has 1 aromatic heterocycles. The van der Waals surface area contributed by atoms with E-state index in [0.29, 0.717) is 5.69 Å². The molecule has 0 aliphatic carbocycles. The highest BCUT2D eigenvalue weighted by Gasteiger charge is 2.07. The normalized spacial score (nSPS) is 12.5. The summed E-state index contributed by atoms with van der Waals surface area (Å²) in [6.45, 7) is 2.67. The van der Waals surface area contributed by atoms with E-state index in [2.05, 4.69) is 11.0 Å². The van der Waals surface area contributed by atoms with Gasteiger partial charge in [0.1, 0.15) is 0 Å². The predicted molar refractivity (Wildman–Crippen MR) is 41.7 cm³/mol. The molecule has 58 valence electrons. The van der Waals surface area contributed by atoms with Crippen LogP contribution in [0.15, 0.2) is 12.3 Å².